The number of carbonyl (C=O) groups excluding carboxylic acids is 3. The third kappa shape index (κ3) is 2.00. The number of hydrogen-bond acceptors (Lipinski definition) is 6. The van der Waals surface area contributed by atoms with E-state index in [1.54, 1.807) is 24.3 Å². The molecule has 0 fully saturated rings. The highest BCUT2D eigenvalue weighted by Gasteiger charge is 2.29. The van der Waals surface area contributed by atoms with Crippen LogP contribution < -0.4 is 0 Å². The van der Waals surface area contributed by atoms with E-state index in [2.05, 4.69) is 4.74 Å². The number of cyclic esters (lactones) is 3. The Labute approximate surface area is 129 Å². The van der Waals surface area contributed by atoms with Gasteiger partial charge in [-0.05, 0) is 36.4 Å². The van der Waals surface area contributed by atoms with Gasteiger partial charge < -0.3 is 9.47 Å². The van der Waals surface area contributed by atoms with Crippen LogP contribution in [0.4, 0.5) is 0 Å². The van der Waals surface area contributed by atoms with Gasteiger partial charge in [0, 0.05) is 15.4 Å². The molecule has 2 heterocycles. The Morgan fingerprint density at radius 1 is 0.773 bits per heavy atom. The molecule has 2 aromatic carbocycles. The number of carbonyl (C=O) groups is 3. The summed E-state index contributed by atoms with van der Waals surface area (Å²) in [5.74, 6) is -1.52. The van der Waals surface area contributed by atoms with E-state index in [0.29, 0.717) is 11.1 Å². The average molecular weight is 312 g/mol. The van der Waals surface area contributed by atoms with Gasteiger partial charge in [-0.3, -0.25) is 0 Å². The first-order valence-corrected chi connectivity index (χ1v) is 7.32. The Bertz CT molecular complexity index is 856. The maximum Gasteiger partial charge on any atom is 0.346 e. The van der Waals surface area contributed by atoms with Crippen molar-refractivity contribution in [3.05, 3.63) is 58.7 Å². The van der Waals surface area contributed by atoms with Crippen molar-refractivity contribution in [2.24, 2.45) is 0 Å². The molecule has 0 saturated heterocycles. The SMILES string of the molecule is O=C1OCc2cc(Sc3ccc4c(c3)C(=O)OC4=O)ccc21. The fraction of sp³-hybridized carbons (Fsp3) is 0.0625. The van der Waals surface area contributed by atoms with Gasteiger partial charge >= 0.3 is 17.9 Å². The molecule has 4 rings (SSSR count). The van der Waals surface area contributed by atoms with Crippen LogP contribution in [-0.2, 0) is 16.1 Å². The molecule has 0 unspecified atom stereocenters. The largest absolute Gasteiger partial charge is 0.457 e. The summed E-state index contributed by atoms with van der Waals surface area (Å²) in [6.07, 6.45) is 0. The molecule has 2 aliphatic rings. The van der Waals surface area contributed by atoms with E-state index in [4.69, 9.17) is 4.74 Å². The lowest BCUT2D eigenvalue weighted by Crippen LogP contribution is -1.96. The summed E-state index contributed by atoms with van der Waals surface area (Å²) in [6, 6.07) is 10.4. The number of rotatable bonds is 2. The van der Waals surface area contributed by atoms with Gasteiger partial charge in [-0.2, -0.15) is 0 Å². The molecule has 2 aliphatic heterocycles. The van der Waals surface area contributed by atoms with Crippen LogP contribution in [-0.4, -0.2) is 17.9 Å². The molecule has 0 aliphatic carbocycles. The molecule has 0 aromatic heterocycles. The summed E-state index contributed by atoms with van der Waals surface area (Å²) in [5.41, 5.74) is 2.02. The molecule has 0 spiro atoms. The predicted molar refractivity (Wildman–Crippen MR) is 75.9 cm³/mol. The highest BCUT2D eigenvalue weighted by Crippen LogP contribution is 2.33. The fourth-order valence-electron chi connectivity index (χ4n) is 2.44. The van der Waals surface area contributed by atoms with Gasteiger partial charge in [0.25, 0.3) is 0 Å². The lowest BCUT2D eigenvalue weighted by atomic mass is 10.1. The summed E-state index contributed by atoms with van der Waals surface area (Å²) in [7, 11) is 0. The molecule has 0 radical (unpaired) electrons. The summed E-state index contributed by atoms with van der Waals surface area (Å²) in [5, 5.41) is 0. The van der Waals surface area contributed by atoms with Crippen molar-refractivity contribution < 1.29 is 23.9 Å². The van der Waals surface area contributed by atoms with Gasteiger partial charge in [0.1, 0.15) is 6.61 Å². The Morgan fingerprint density at radius 3 is 2.27 bits per heavy atom. The van der Waals surface area contributed by atoms with Crippen LogP contribution in [0.3, 0.4) is 0 Å². The summed E-state index contributed by atoms with van der Waals surface area (Å²) < 4.78 is 9.54. The molecular weight excluding hydrogens is 304 g/mol. The van der Waals surface area contributed by atoms with E-state index in [1.807, 2.05) is 12.1 Å². The molecule has 6 heteroatoms. The highest BCUT2D eigenvalue weighted by atomic mass is 32.2. The van der Waals surface area contributed by atoms with Crippen LogP contribution in [0.15, 0.2) is 46.2 Å². The van der Waals surface area contributed by atoms with Gasteiger partial charge in [0.15, 0.2) is 0 Å². The van der Waals surface area contributed by atoms with E-state index in [9.17, 15) is 14.4 Å². The zero-order valence-electron chi connectivity index (χ0n) is 11.1. The second kappa shape index (κ2) is 4.71. The maximum atomic E-state index is 11.6. The Hall–Kier alpha value is -2.60. The minimum absolute atomic E-state index is 0.285. The second-order valence-corrected chi connectivity index (χ2v) is 6.03. The molecule has 0 atom stereocenters. The van der Waals surface area contributed by atoms with Crippen LogP contribution in [0, 0.1) is 0 Å². The quantitative estimate of drug-likeness (QED) is 0.627. The first-order chi connectivity index (χ1) is 10.6. The molecule has 22 heavy (non-hydrogen) atoms. The number of ether oxygens (including phenoxy) is 2. The van der Waals surface area contributed by atoms with Crippen molar-refractivity contribution in [1.29, 1.82) is 0 Å². The minimum Gasteiger partial charge on any atom is -0.457 e. The van der Waals surface area contributed by atoms with Crippen LogP contribution in [0.5, 0.6) is 0 Å². The summed E-state index contributed by atoms with van der Waals surface area (Å²) in [6.45, 7) is 0.285. The van der Waals surface area contributed by atoms with Gasteiger partial charge in [0.2, 0.25) is 0 Å². The van der Waals surface area contributed by atoms with Crippen LogP contribution >= 0.6 is 11.8 Å². The minimum atomic E-state index is -0.615. The third-order valence-electron chi connectivity index (χ3n) is 3.51. The van der Waals surface area contributed by atoms with E-state index >= 15 is 0 Å². The normalized spacial score (nSPS) is 15.4. The molecule has 0 saturated carbocycles. The number of fused-ring (bicyclic) bond motifs is 2. The van der Waals surface area contributed by atoms with E-state index in [1.165, 1.54) is 11.8 Å². The van der Waals surface area contributed by atoms with E-state index in [0.717, 1.165) is 15.4 Å². The van der Waals surface area contributed by atoms with Gasteiger partial charge in [-0.15, -0.1) is 0 Å². The standard InChI is InChI=1S/C16H8O5S/c17-14-11-3-1-9(5-8(11)7-20-14)22-10-2-4-12-13(6-10)16(19)21-15(12)18/h1-6H,7H2. The molecule has 0 amide bonds. The van der Waals surface area contributed by atoms with Crippen LogP contribution in [0.1, 0.15) is 36.6 Å². The maximum absolute atomic E-state index is 11.6. The third-order valence-corrected chi connectivity index (χ3v) is 4.49. The van der Waals surface area contributed by atoms with Crippen molar-refractivity contribution in [2.75, 3.05) is 0 Å². The van der Waals surface area contributed by atoms with Crippen LogP contribution in [0.25, 0.3) is 0 Å². The first kappa shape index (κ1) is 13.1. The smallest absolute Gasteiger partial charge is 0.346 e. The zero-order chi connectivity index (χ0) is 15.3. The topological polar surface area (TPSA) is 69.7 Å². The molecule has 2 aromatic rings. The Balaban J connectivity index is 1.65. The molecule has 0 bridgehead atoms. The molecule has 5 nitrogen and oxygen atoms in total. The number of esters is 3. The molecule has 108 valence electrons. The first-order valence-electron chi connectivity index (χ1n) is 6.50. The van der Waals surface area contributed by atoms with Gasteiger partial charge in [-0.1, -0.05) is 11.8 Å². The van der Waals surface area contributed by atoms with Gasteiger partial charge in [0.05, 0.1) is 16.7 Å². The predicted octanol–water partition coefficient (Wildman–Crippen LogP) is 2.82. The highest BCUT2D eigenvalue weighted by molar-refractivity contribution is 7.99. The van der Waals surface area contributed by atoms with E-state index < -0.39 is 11.9 Å². The second-order valence-electron chi connectivity index (χ2n) is 4.88. The van der Waals surface area contributed by atoms with Crippen molar-refractivity contribution in [1.82, 2.24) is 0 Å². The zero-order valence-corrected chi connectivity index (χ0v) is 11.9. The van der Waals surface area contributed by atoms with Crippen molar-refractivity contribution in [3.63, 3.8) is 0 Å². The fourth-order valence-corrected chi connectivity index (χ4v) is 3.36. The van der Waals surface area contributed by atoms with Gasteiger partial charge in [-0.25, -0.2) is 14.4 Å². The Kier molecular flexibility index (Phi) is 2.80. The van der Waals surface area contributed by atoms with E-state index in [-0.39, 0.29) is 18.1 Å². The van der Waals surface area contributed by atoms with Crippen LogP contribution in [0.2, 0.25) is 0 Å². The lowest BCUT2D eigenvalue weighted by molar-refractivity contribution is 0.0442. The number of hydrogen-bond donors (Lipinski definition) is 0. The summed E-state index contributed by atoms with van der Waals surface area (Å²) in [4.78, 5) is 36.1. The van der Waals surface area contributed by atoms with Crippen molar-refractivity contribution in [3.8, 4) is 0 Å². The summed E-state index contributed by atoms with van der Waals surface area (Å²) >= 11 is 1.44. The average Bonchev–Trinajstić information content (AvgIpc) is 3.00. The molecule has 0 N–H and O–H groups in total. The lowest BCUT2D eigenvalue weighted by Gasteiger charge is -2.04. The van der Waals surface area contributed by atoms with Crippen molar-refractivity contribution >= 4 is 29.7 Å². The Morgan fingerprint density at radius 2 is 1.45 bits per heavy atom. The molecular formula is C16H8O5S. The monoisotopic (exact) mass is 312 g/mol. The number of benzene rings is 2. The van der Waals surface area contributed by atoms with Crippen molar-refractivity contribution in [2.45, 2.75) is 16.4 Å².